The Morgan fingerprint density at radius 3 is 2.47 bits per heavy atom. The van der Waals surface area contributed by atoms with Gasteiger partial charge in [0.15, 0.2) is 0 Å². The maximum atomic E-state index is 12.4. The number of carbonyl (C=O) groups is 1. The van der Waals surface area contributed by atoms with Crippen LogP contribution in [0.25, 0.3) is 0 Å². The van der Waals surface area contributed by atoms with Crippen molar-refractivity contribution in [2.45, 2.75) is 52.4 Å². The second kappa shape index (κ2) is 7.25. The SMILES string of the molecule is COCCC(C)(C)CNC(=O)C1(CN)CCCCC1. The molecule has 112 valence electrons. The summed E-state index contributed by atoms with van der Waals surface area (Å²) >= 11 is 0. The minimum absolute atomic E-state index is 0.0656. The lowest BCUT2D eigenvalue weighted by atomic mass is 9.73. The molecule has 0 aromatic rings. The average molecular weight is 270 g/mol. The van der Waals surface area contributed by atoms with E-state index >= 15 is 0 Å². The summed E-state index contributed by atoms with van der Waals surface area (Å²) in [4.78, 5) is 12.4. The highest BCUT2D eigenvalue weighted by molar-refractivity contribution is 5.83. The predicted molar refractivity (Wildman–Crippen MR) is 77.9 cm³/mol. The average Bonchev–Trinajstić information content (AvgIpc) is 2.43. The van der Waals surface area contributed by atoms with Gasteiger partial charge in [0.25, 0.3) is 0 Å². The second-order valence-corrected chi connectivity index (χ2v) is 6.63. The molecule has 0 saturated heterocycles. The minimum Gasteiger partial charge on any atom is -0.385 e. The van der Waals surface area contributed by atoms with Crippen LogP contribution in [0.15, 0.2) is 0 Å². The standard InChI is InChI=1S/C15H30N2O2/c1-14(2,9-10-19-3)12-17-13(18)15(11-16)7-5-4-6-8-15/h4-12,16H2,1-3H3,(H,17,18). The van der Waals surface area contributed by atoms with Crippen molar-refractivity contribution in [1.29, 1.82) is 0 Å². The molecular formula is C15H30N2O2. The lowest BCUT2D eigenvalue weighted by Gasteiger charge is -2.36. The first kappa shape index (κ1) is 16.4. The van der Waals surface area contributed by atoms with Gasteiger partial charge in [0, 0.05) is 26.8 Å². The molecule has 1 aliphatic carbocycles. The molecule has 0 radical (unpaired) electrons. The van der Waals surface area contributed by atoms with E-state index in [0.29, 0.717) is 13.1 Å². The Morgan fingerprint density at radius 1 is 1.32 bits per heavy atom. The zero-order valence-corrected chi connectivity index (χ0v) is 12.8. The number of amides is 1. The van der Waals surface area contributed by atoms with Crippen molar-refractivity contribution in [2.24, 2.45) is 16.6 Å². The van der Waals surface area contributed by atoms with Crippen LogP contribution in [-0.4, -0.2) is 32.7 Å². The molecular weight excluding hydrogens is 240 g/mol. The highest BCUT2D eigenvalue weighted by Gasteiger charge is 2.38. The van der Waals surface area contributed by atoms with Crippen LogP contribution in [-0.2, 0) is 9.53 Å². The maximum Gasteiger partial charge on any atom is 0.227 e. The number of nitrogens with one attached hydrogen (secondary N) is 1. The molecule has 1 aliphatic rings. The van der Waals surface area contributed by atoms with Gasteiger partial charge in [0.2, 0.25) is 5.91 Å². The molecule has 0 bridgehead atoms. The molecule has 0 unspecified atom stereocenters. The van der Waals surface area contributed by atoms with Gasteiger partial charge in [-0.3, -0.25) is 4.79 Å². The molecule has 1 fully saturated rings. The number of carbonyl (C=O) groups excluding carboxylic acids is 1. The van der Waals surface area contributed by atoms with Crippen molar-refractivity contribution >= 4 is 5.91 Å². The van der Waals surface area contributed by atoms with E-state index in [0.717, 1.165) is 38.7 Å². The predicted octanol–water partition coefficient (Wildman–Crippen LogP) is 2.07. The lowest BCUT2D eigenvalue weighted by Crippen LogP contribution is -2.49. The highest BCUT2D eigenvalue weighted by Crippen LogP contribution is 2.35. The first-order chi connectivity index (χ1) is 8.96. The van der Waals surface area contributed by atoms with Crippen LogP contribution in [0.2, 0.25) is 0 Å². The van der Waals surface area contributed by atoms with E-state index in [-0.39, 0.29) is 16.7 Å². The zero-order valence-electron chi connectivity index (χ0n) is 12.8. The molecule has 0 aromatic carbocycles. The summed E-state index contributed by atoms with van der Waals surface area (Å²) in [5.74, 6) is 0.153. The van der Waals surface area contributed by atoms with Crippen molar-refractivity contribution in [3.63, 3.8) is 0 Å². The Kier molecular flexibility index (Phi) is 6.27. The molecule has 1 saturated carbocycles. The van der Waals surface area contributed by atoms with E-state index in [4.69, 9.17) is 10.5 Å². The number of rotatable bonds is 7. The normalized spacial score (nSPS) is 19.2. The van der Waals surface area contributed by atoms with Crippen LogP contribution in [0.1, 0.15) is 52.4 Å². The third-order valence-electron chi connectivity index (χ3n) is 4.39. The largest absolute Gasteiger partial charge is 0.385 e. The molecule has 19 heavy (non-hydrogen) atoms. The monoisotopic (exact) mass is 270 g/mol. The topological polar surface area (TPSA) is 64.3 Å². The smallest absolute Gasteiger partial charge is 0.227 e. The number of hydrogen-bond acceptors (Lipinski definition) is 3. The quantitative estimate of drug-likeness (QED) is 0.744. The summed E-state index contributed by atoms with van der Waals surface area (Å²) in [7, 11) is 1.71. The van der Waals surface area contributed by atoms with E-state index in [9.17, 15) is 4.79 Å². The summed E-state index contributed by atoms with van der Waals surface area (Å²) in [5, 5.41) is 3.12. The van der Waals surface area contributed by atoms with E-state index in [2.05, 4.69) is 19.2 Å². The third-order valence-corrected chi connectivity index (χ3v) is 4.39. The van der Waals surface area contributed by atoms with Crippen LogP contribution in [0.5, 0.6) is 0 Å². The molecule has 1 amide bonds. The van der Waals surface area contributed by atoms with E-state index in [1.165, 1.54) is 6.42 Å². The number of methoxy groups -OCH3 is 1. The van der Waals surface area contributed by atoms with Crippen LogP contribution >= 0.6 is 0 Å². The molecule has 0 aliphatic heterocycles. The molecule has 0 atom stereocenters. The first-order valence-electron chi connectivity index (χ1n) is 7.43. The van der Waals surface area contributed by atoms with Crippen molar-refractivity contribution in [1.82, 2.24) is 5.32 Å². The summed E-state index contributed by atoms with van der Waals surface area (Å²) in [6.45, 7) is 6.20. The van der Waals surface area contributed by atoms with Gasteiger partial charge in [-0.15, -0.1) is 0 Å². The van der Waals surface area contributed by atoms with Crippen molar-refractivity contribution in [3.05, 3.63) is 0 Å². The van der Waals surface area contributed by atoms with Gasteiger partial charge in [0.1, 0.15) is 0 Å². The Bertz CT molecular complexity index is 284. The second-order valence-electron chi connectivity index (χ2n) is 6.63. The van der Waals surface area contributed by atoms with Crippen molar-refractivity contribution in [2.75, 3.05) is 26.8 Å². The Balaban J connectivity index is 2.48. The molecule has 1 rings (SSSR count). The summed E-state index contributed by atoms with van der Waals surface area (Å²) in [6.07, 6.45) is 6.30. The first-order valence-corrected chi connectivity index (χ1v) is 7.43. The van der Waals surface area contributed by atoms with E-state index in [1.807, 2.05) is 0 Å². The fourth-order valence-electron chi connectivity index (χ4n) is 2.73. The third kappa shape index (κ3) is 4.77. The van der Waals surface area contributed by atoms with Gasteiger partial charge in [-0.2, -0.15) is 0 Å². The number of ether oxygens (including phenoxy) is 1. The maximum absolute atomic E-state index is 12.4. The summed E-state index contributed by atoms with van der Waals surface area (Å²) in [6, 6.07) is 0. The highest BCUT2D eigenvalue weighted by atomic mass is 16.5. The van der Waals surface area contributed by atoms with Crippen LogP contribution < -0.4 is 11.1 Å². The van der Waals surface area contributed by atoms with Crippen LogP contribution in [0.4, 0.5) is 0 Å². The van der Waals surface area contributed by atoms with Gasteiger partial charge >= 0.3 is 0 Å². The molecule has 4 nitrogen and oxygen atoms in total. The summed E-state index contributed by atoms with van der Waals surface area (Å²) in [5.41, 5.74) is 5.63. The minimum atomic E-state index is -0.310. The van der Waals surface area contributed by atoms with Gasteiger partial charge in [-0.05, 0) is 24.7 Å². The van der Waals surface area contributed by atoms with Crippen LogP contribution in [0.3, 0.4) is 0 Å². The Labute approximate surface area is 117 Å². The zero-order chi connectivity index (χ0) is 14.4. The van der Waals surface area contributed by atoms with Crippen molar-refractivity contribution < 1.29 is 9.53 Å². The summed E-state index contributed by atoms with van der Waals surface area (Å²) < 4.78 is 5.11. The van der Waals surface area contributed by atoms with E-state index in [1.54, 1.807) is 7.11 Å². The molecule has 3 N–H and O–H groups in total. The van der Waals surface area contributed by atoms with Gasteiger partial charge < -0.3 is 15.8 Å². The number of nitrogens with two attached hydrogens (primary N) is 1. The van der Waals surface area contributed by atoms with E-state index < -0.39 is 0 Å². The Hall–Kier alpha value is -0.610. The fourth-order valence-corrected chi connectivity index (χ4v) is 2.73. The fraction of sp³-hybridized carbons (Fsp3) is 0.933. The van der Waals surface area contributed by atoms with Gasteiger partial charge in [-0.1, -0.05) is 33.1 Å². The number of hydrogen-bond donors (Lipinski definition) is 2. The van der Waals surface area contributed by atoms with Crippen LogP contribution in [0, 0.1) is 10.8 Å². The molecule has 0 heterocycles. The van der Waals surface area contributed by atoms with Gasteiger partial charge in [0.05, 0.1) is 5.41 Å². The molecule has 4 heteroatoms. The van der Waals surface area contributed by atoms with Gasteiger partial charge in [-0.25, -0.2) is 0 Å². The molecule has 0 aromatic heterocycles. The molecule has 0 spiro atoms. The Morgan fingerprint density at radius 2 is 1.95 bits per heavy atom. The lowest BCUT2D eigenvalue weighted by molar-refractivity contribution is -0.132. The van der Waals surface area contributed by atoms with Crippen molar-refractivity contribution in [3.8, 4) is 0 Å².